The third-order valence-electron chi connectivity index (χ3n) is 4.73. The van der Waals surface area contributed by atoms with E-state index >= 15 is 0 Å². The van der Waals surface area contributed by atoms with Crippen molar-refractivity contribution in [1.82, 2.24) is 0 Å². The van der Waals surface area contributed by atoms with Crippen LogP contribution in [-0.2, 0) is 33.3 Å². The van der Waals surface area contributed by atoms with Gasteiger partial charge in [0.1, 0.15) is 24.5 Å². The van der Waals surface area contributed by atoms with Crippen LogP contribution < -0.4 is 5.84 Å². The van der Waals surface area contributed by atoms with E-state index in [4.69, 9.17) is 24.8 Å². The van der Waals surface area contributed by atoms with Gasteiger partial charge < -0.3 is 24.8 Å². The highest BCUT2D eigenvalue weighted by Crippen LogP contribution is 2.29. The number of halogens is 3. The van der Waals surface area contributed by atoms with Gasteiger partial charge in [-0.3, -0.25) is 19.4 Å². The zero-order chi connectivity index (χ0) is 25.6. The third-order valence-corrected chi connectivity index (χ3v) is 4.73. The molecule has 0 aliphatic carbocycles. The molecule has 0 spiro atoms. The molecule has 1 fully saturated rings. The van der Waals surface area contributed by atoms with Crippen molar-refractivity contribution in [3.63, 3.8) is 0 Å². The van der Waals surface area contributed by atoms with Gasteiger partial charge in [-0.15, -0.1) is 0 Å². The van der Waals surface area contributed by atoms with E-state index in [1.54, 1.807) is 6.92 Å². The molecule has 1 aromatic rings. The summed E-state index contributed by atoms with van der Waals surface area (Å²) in [5.41, 5.74) is -0.482. The predicted octanol–water partition coefficient (Wildman–Crippen LogP) is 1.42. The van der Waals surface area contributed by atoms with Crippen LogP contribution in [0.25, 0.3) is 0 Å². The van der Waals surface area contributed by atoms with E-state index in [1.807, 2.05) is 0 Å². The second kappa shape index (κ2) is 11.6. The normalized spacial score (nSPS) is 25.1. The summed E-state index contributed by atoms with van der Waals surface area (Å²) in [6.07, 6.45) is -3.06. The highest BCUT2D eigenvalue weighted by atomic mass is 19.2. The third kappa shape index (κ3) is 6.76. The van der Waals surface area contributed by atoms with Crippen LogP contribution >= 0.6 is 0 Å². The van der Waals surface area contributed by atoms with Crippen molar-refractivity contribution in [1.29, 1.82) is 0 Å². The van der Waals surface area contributed by atoms with Gasteiger partial charge in [-0.2, -0.15) is 5.10 Å². The first-order valence-corrected chi connectivity index (χ1v) is 10.0. The number of nitrogens with two attached hydrogens (primary N) is 1. The minimum Gasteiger partial charge on any atom is -0.463 e. The lowest BCUT2D eigenvalue weighted by molar-refractivity contribution is -0.213. The number of nitrogens with zero attached hydrogens (tertiary/aromatic N) is 2. The van der Waals surface area contributed by atoms with Crippen molar-refractivity contribution in [2.75, 3.05) is 6.61 Å². The summed E-state index contributed by atoms with van der Waals surface area (Å²) < 4.78 is 62.0. The van der Waals surface area contributed by atoms with E-state index in [9.17, 15) is 27.6 Å². The minimum absolute atomic E-state index is 0.229. The monoisotopic (exact) mass is 487 g/mol. The van der Waals surface area contributed by atoms with Crippen LogP contribution in [0.2, 0.25) is 0 Å². The number of esters is 3. The van der Waals surface area contributed by atoms with Crippen molar-refractivity contribution < 1.29 is 46.5 Å². The summed E-state index contributed by atoms with van der Waals surface area (Å²) in [5.74, 6) is -1.31. The van der Waals surface area contributed by atoms with E-state index in [-0.39, 0.29) is 17.9 Å². The Kier molecular flexibility index (Phi) is 9.12. The molecule has 5 atom stereocenters. The molecule has 10 nitrogen and oxygen atoms in total. The van der Waals surface area contributed by atoms with Gasteiger partial charge in [0.15, 0.2) is 29.7 Å². The molecular formula is C21H24F3N3O7. The number of hydrogen-bond acceptors (Lipinski definition) is 10. The maximum absolute atomic E-state index is 13.7. The van der Waals surface area contributed by atoms with Crippen molar-refractivity contribution >= 4 is 29.8 Å². The first-order valence-electron chi connectivity index (χ1n) is 10.0. The van der Waals surface area contributed by atoms with Gasteiger partial charge in [0.05, 0.1) is 12.3 Å². The molecule has 3 unspecified atom stereocenters. The number of aliphatic imine (C=N–C) groups is 1. The molecule has 186 valence electrons. The van der Waals surface area contributed by atoms with Gasteiger partial charge in [-0.1, -0.05) is 0 Å². The van der Waals surface area contributed by atoms with Gasteiger partial charge >= 0.3 is 17.9 Å². The Morgan fingerprint density at radius 1 is 1.03 bits per heavy atom. The molecule has 0 radical (unpaired) electrons. The summed E-state index contributed by atoms with van der Waals surface area (Å²) >= 11 is 0. The standard InChI is InChI=1S/C21H24F3N3O7/c1-9-20(33-11(3)29)19(21(34-12(4)30)17(32-9)8-31-10(2)28)26-7-16(27-25)13-5-14(22)18(24)15(23)6-13/h5-7,9,17,19-21H,8,25H2,1-4H3/t9-,17?,19?,20?,21-/m0/s1. The van der Waals surface area contributed by atoms with Gasteiger partial charge in [0, 0.05) is 26.3 Å². The molecule has 1 heterocycles. The van der Waals surface area contributed by atoms with Crippen molar-refractivity contribution in [3.05, 3.63) is 35.1 Å². The summed E-state index contributed by atoms with van der Waals surface area (Å²) in [6.45, 7) is 4.71. The number of benzene rings is 1. The summed E-state index contributed by atoms with van der Waals surface area (Å²) in [7, 11) is 0. The Hall–Kier alpha value is -3.48. The van der Waals surface area contributed by atoms with Crippen LogP contribution in [0, 0.1) is 17.5 Å². The number of carbonyl (C=O) groups excluding carboxylic acids is 3. The second-order valence-electron chi connectivity index (χ2n) is 7.37. The van der Waals surface area contributed by atoms with Gasteiger partial charge in [0.25, 0.3) is 0 Å². The van der Waals surface area contributed by atoms with E-state index in [2.05, 4.69) is 10.1 Å². The minimum atomic E-state index is -1.67. The molecule has 34 heavy (non-hydrogen) atoms. The van der Waals surface area contributed by atoms with Gasteiger partial charge in [0.2, 0.25) is 0 Å². The van der Waals surface area contributed by atoms with Crippen LogP contribution in [-0.4, -0.2) is 66.9 Å². The Morgan fingerprint density at radius 2 is 1.59 bits per heavy atom. The predicted molar refractivity (Wildman–Crippen MR) is 111 cm³/mol. The maximum Gasteiger partial charge on any atom is 0.303 e. The highest BCUT2D eigenvalue weighted by Gasteiger charge is 2.48. The Bertz CT molecular complexity index is 979. The molecule has 1 aromatic carbocycles. The average Bonchev–Trinajstić information content (AvgIpc) is 2.74. The van der Waals surface area contributed by atoms with Gasteiger partial charge in [-0.05, 0) is 19.1 Å². The quantitative estimate of drug-likeness (QED) is 0.152. The summed E-state index contributed by atoms with van der Waals surface area (Å²) in [6, 6.07) is 0.211. The van der Waals surface area contributed by atoms with Crippen molar-refractivity contribution in [2.45, 2.75) is 58.2 Å². The molecule has 2 rings (SSSR count). The lowest BCUT2D eigenvalue weighted by Crippen LogP contribution is -2.59. The van der Waals surface area contributed by atoms with Crippen LogP contribution in [0.15, 0.2) is 22.2 Å². The lowest BCUT2D eigenvalue weighted by Gasteiger charge is -2.42. The number of carbonyl (C=O) groups is 3. The number of hydrogen-bond donors (Lipinski definition) is 1. The van der Waals surface area contributed by atoms with E-state index in [1.165, 1.54) is 6.92 Å². The molecule has 0 amide bonds. The van der Waals surface area contributed by atoms with Crippen LogP contribution in [0.3, 0.4) is 0 Å². The molecule has 2 N–H and O–H groups in total. The van der Waals surface area contributed by atoms with E-state index < -0.39 is 65.8 Å². The molecule has 1 saturated heterocycles. The Morgan fingerprint density at radius 3 is 2.09 bits per heavy atom. The average molecular weight is 487 g/mol. The van der Waals surface area contributed by atoms with Gasteiger partial charge in [-0.25, -0.2) is 13.2 Å². The van der Waals surface area contributed by atoms with Crippen LogP contribution in [0.5, 0.6) is 0 Å². The van der Waals surface area contributed by atoms with Crippen molar-refractivity contribution in [2.24, 2.45) is 15.9 Å². The fourth-order valence-corrected chi connectivity index (χ4v) is 3.36. The molecule has 1 aliphatic heterocycles. The number of rotatable bonds is 7. The molecule has 1 aliphatic rings. The molecule has 13 heteroatoms. The SMILES string of the molecule is CC(=O)OCC1O[C@@H](C)C(OC(C)=O)C(N=CC(=NN)c2cc(F)c(F)c(F)c2)[C@H]1OC(C)=O. The topological polar surface area (TPSA) is 139 Å². The zero-order valence-electron chi connectivity index (χ0n) is 18.8. The molecule has 0 bridgehead atoms. The molecule has 0 aromatic heterocycles. The fraction of sp³-hybridized carbons (Fsp3) is 0.476. The largest absolute Gasteiger partial charge is 0.463 e. The summed E-state index contributed by atoms with van der Waals surface area (Å²) in [5, 5.41) is 3.42. The van der Waals surface area contributed by atoms with Crippen LogP contribution in [0.1, 0.15) is 33.3 Å². The first-order chi connectivity index (χ1) is 15.9. The fourth-order valence-electron chi connectivity index (χ4n) is 3.36. The van der Waals surface area contributed by atoms with E-state index in [0.29, 0.717) is 12.1 Å². The maximum atomic E-state index is 13.7. The number of ether oxygens (including phenoxy) is 4. The highest BCUT2D eigenvalue weighted by molar-refractivity contribution is 6.38. The summed E-state index contributed by atoms with van der Waals surface area (Å²) in [4.78, 5) is 39.0. The molecule has 0 saturated carbocycles. The smallest absolute Gasteiger partial charge is 0.303 e. The lowest BCUT2D eigenvalue weighted by atomic mass is 9.93. The Labute approximate surface area is 192 Å². The molecular weight excluding hydrogens is 463 g/mol. The van der Waals surface area contributed by atoms with E-state index in [0.717, 1.165) is 20.1 Å². The second-order valence-corrected chi connectivity index (χ2v) is 7.37. The van der Waals surface area contributed by atoms with Crippen molar-refractivity contribution in [3.8, 4) is 0 Å². The zero-order valence-corrected chi connectivity index (χ0v) is 18.8. The number of hydrazone groups is 1. The first kappa shape index (κ1) is 26.8. The Balaban J connectivity index is 2.48. The van der Waals surface area contributed by atoms with Crippen LogP contribution in [0.4, 0.5) is 13.2 Å².